The predicted octanol–water partition coefficient (Wildman–Crippen LogP) is 0.756. The summed E-state index contributed by atoms with van der Waals surface area (Å²) in [7, 11) is 4.10. The molecule has 0 saturated carbocycles. The minimum atomic E-state index is -0.433. The fraction of sp³-hybridized carbons (Fsp3) is 0.500. The number of likely N-dealkylation sites (tertiary alicyclic amines) is 1. The first-order valence-corrected chi connectivity index (χ1v) is 6.57. The number of carbonyl (C=O) groups excluding carboxylic acids is 1. The van der Waals surface area contributed by atoms with Crippen molar-refractivity contribution in [3.8, 4) is 0 Å². The molecule has 1 unspecified atom stereocenters. The van der Waals surface area contributed by atoms with Crippen molar-refractivity contribution in [3.05, 3.63) is 23.8 Å². The number of primary amides is 1. The van der Waals surface area contributed by atoms with E-state index in [1.165, 1.54) is 6.42 Å². The highest BCUT2D eigenvalue weighted by atomic mass is 16.1. The average molecular weight is 262 g/mol. The molecule has 0 spiro atoms. The minimum absolute atomic E-state index is 0.433. The summed E-state index contributed by atoms with van der Waals surface area (Å²) in [5.74, 6) is 0.174. The van der Waals surface area contributed by atoms with Crippen LogP contribution in [0.25, 0.3) is 0 Å². The number of carbonyl (C=O) groups is 1. The molecule has 1 amide bonds. The van der Waals surface area contributed by atoms with Gasteiger partial charge in [0.1, 0.15) is 0 Å². The maximum atomic E-state index is 11.5. The summed E-state index contributed by atoms with van der Waals surface area (Å²) in [6.07, 6.45) is 1.18. The van der Waals surface area contributed by atoms with E-state index in [0.29, 0.717) is 17.2 Å². The van der Waals surface area contributed by atoms with Crippen LogP contribution in [0.2, 0.25) is 0 Å². The Balaban J connectivity index is 2.18. The van der Waals surface area contributed by atoms with Gasteiger partial charge in [0.25, 0.3) is 5.91 Å². The normalized spacial score (nSPS) is 19.6. The van der Waals surface area contributed by atoms with Crippen LogP contribution in [0.3, 0.4) is 0 Å². The predicted molar refractivity (Wildman–Crippen MR) is 78.2 cm³/mol. The lowest BCUT2D eigenvalue weighted by atomic mass is 10.1. The van der Waals surface area contributed by atoms with E-state index in [-0.39, 0.29) is 0 Å². The van der Waals surface area contributed by atoms with Crippen LogP contribution in [-0.2, 0) is 0 Å². The Labute approximate surface area is 114 Å². The lowest BCUT2D eigenvalue weighted by Gasteiger charge is -2.26. The quantitative estimate of drug-likeness (QED) is 0.785. The second kappa shape index (κ2) is 5.48. The molecule has 0 radical (unpaired) electrons. The standard InChI is InChI=1S/C14H22N4O/c1-17-7-6-10(8-17)9-18(2)13-11(14(16)19)4-3-5-12(13)15/h3-5,10H,6-9,15H2,1-2H3,(H2,16,19). The zero-order chi connectivity index (χ0) is 14.0. The Kier molecular flexibility index (Phi) is 3.95. The third kappa shape index (κ3) is 2.98. The van der Waals surface area contributed by atoms with Crippen LogP contribution in [0.5, 0.6) is 0 Å². The number of hydrogen-bond acceptors (Lipinski definition) is 4. The summed E-state index contributed by atoms with van der Waals surface area (Å²) in [6.45, 7) is 3.10. The second-order valence-electron chi connectivity index (χ2n) is 5.41. The summed E-state index contributed by atoms with van der Waals surface area (Å²) in [5, 5.41) is 0. The number of para-hydroxylation sites is 1. The van der Waals surface area contributed by atoms with Crippen LogP contribution in [0.4, 0.5) is 11.4 Å². The molecule has 1 heterocycles. The minimum Gasteiger partial charge on any atom is -0.397 e. The number of rotatable bonds is 4. The molecular weight excluding hydrogens is 240 g/mol. The van der Waals surface area contributed by atoms with E-state index in [1.807, 2.05) is 7.05 Å². The van der Waals surface area contributed by atoms with E-state index >= 15 is 0 Å². The maximum absolute atomic E-state index is 11.5. The molecule has 104 valence electrons. The number of amides is 1. The van der Waals surface area contributed by atoms with Gasteiger partial charge in [0, 0.05) is 20.1 Å². The SMILES string of the molecule is CN1CCC(CN(C)c2c(N)cccc2C(N)=O)C1. The Bertz CT molecular complexity index is 475. The van der Waals surface area contributed by atoms with Gasteiger partial charge in [-0.1, -0.05) is 6.07 Å². The zero-order valence-electron chi connectivity index (χ0n) is 11.6. The molecule has 5 nitrogen and oxygen atoms in total. The summed E-state index contributed by atoms with van der Waals surface area (Å²) < 4.78 is 0. The first kappa shape index (κ1) is 13.7. The molecule has 19 heavy (non-hydrogen) atoms. The lowest BCUT2D eigenvalue weighted by Crippen LogP contribution is -2.30. The van der Waals surface area contributed by atoms with Crippen molar-refractivity contribution in [2.45, 2.75) is 6.42 Å². The smallest absolute Gasteiger partial charge is 0.250 e. The Morgan fingerprint density at radius 3 is 2.84 bits per heavy atom. The van der Waals surface area contributed by atoms with E-state index in [2.05, 4.69) is 16.8 Å². The monoisotopic (exact) mass is 262 g/mol. The van der Waals surface area contributed by atoms with Crippen molar-refractivity contribution in [1.29, 1.82) is 0 Å². The molecule has 1 aliphatic rings. The van der Waals surface area contributed by atoms with Gasteiger partial charge >= 0.3 is 0 Å². The summed E-state index contributed by atoms with van der Waals surface area (Å²) >= 11 is 0. The molecule has 1 fully saturated rings. The molecule has 1 aromatic carbocycles. The second-order valence-corrected chi connectivity index (χ2v) is 5.41. The van der Waals surface area contributed by atoms with Gasteiger partial charge in [-0.15, -0.1) is 0 Å². The number of nitrogens with two attached hydrogens (primary N) is 2. The molecule has 4 N–H and O–H groups in total. The van der Waals surface area contributed by atoms with Gasteiger partial charge in [0.05, 0.1) is 16.9 Å². The molecule has 1 atom stereocenters. The van der Waals surface area contributed by atoms with Crippen LogP contribution in [0, 0.1) is 5.92 Å². The van der Waals surface area contributed by atoms with Crippen molar-refractivity contribution in [2.75, 3.05) is 44.4 Å². The van der Waals surface area contributed by atoms with Crippen molar-refractivity contribution < 1.29 is 4.79 Å². The van der Waals surface area contributed by atoms with Gasteiger partial charge in [0.15, 0.2) is 0 Å². The summed E-state index contributed by atoms with van der Waals surface area (Å²) in [5.41, 5.74) is 13.3. The van der Waals surface area contributed by atoms with Gasteiger partial charge in [-0.25, -0.2) is 0 Å². The molecule has 0 bridgehead atoms. The van der Waals surface area contributed by atoms with Gasteiger partial charge in [-0.3, -0.25) is 4.79 Å². The van der Waals surface area contributed by atoms with Gasteiger partial charge < -0.3 is 21.3 Å². The van der Waals surface area contributed by atoms with Crippen LogP contribution >= 0.6 is 0 Å². The highest BCUT2D eigenvalue weighted by Crippen LogP contribution is 2.28. The van der Waals surface area contributed by atoms with E-state index < -0.39 is 5.91 Å². The van der Waals surface area contributed by atoms with Crippen LogP contribution in [0.15, 0.2) is 18.2 Å². The lowest BCUT2D eigenvalue weighted by molar-refractivity contribution is 0.100. The Morgan fingerprint density at radius 2 is 2.26 bits per heavy atom. The third-order valence-corrected chi connectivity index (χ3v) is 3.74. The van der Waals surface area contributed by atoms with Crippen LogP contribution in [0.1, 0.15) is 16.8 Å². The number of nitrogens with zero attached hydrogens (tertiary/aromatic N) is 2. The third-order valence-electron chi connectivity index (χ3n) is 3.74. The van der Waals surface area contributed by atoms with Crippen molar-refractivity contribution >= 4 is 17.3 Å². The molecule has 1 saturated heterocycles. The van der Waals surface area contributed by atoms with E-state index in [9.17, 15) is 4.79 Å². The Hall–Kier alpha value is -1.75. The Morgan fingerprint density at radius 1 is 1.53 bits per heavy atom. The molecule has 2 rings (SSSR count). The van der Waals surface area contributed by atoms with Crippen LogP contribution < -0.4 is 16.4 Å². The number of anilines is 2. The topological polar surface area (TPSA) is 75.6 Å². The highest BCUT2D eigenvalue weighted by molar-refractivity contribution is 6.01. The largest absolute Gasteiger partial charge is 0.397 e. The zero-order valence-corrected chi connectivity index (χ0v) is 11.6. The fourth-order valence-corrected chi connectivity index (χ4v) is 2.84. The average Bonchev–Trinajstić information content (AvgIpc) is 2.74. The van der Waals surface area contributed by atoms with Gasteiger partial charge in [-0.05, 0) is 38.1 Å². The first-order valence-electron chi connectivity index (χ1n) is 6.57. The molecule has 1 aromatic rings. The maximum Gasteiger partial charge on any atom is 0.250 e. The number of nitrogen functional groups attached to an aromatic ring is 1. The highest BCUT2D eigenvalue weighted by Gasteiger charge is 2.23. The van der Waals surface area contributed by atoms with Crippen molar-refractivity contribution in [2.24, 2.45) is 11.7 Å². The van der Waals surface area contributed by atoms with E-state index in [0.717, 1.165) is 25.3 Å². The van der Waals surface area contributed by atoms with Crippen molar-refractivity contribution in [3.63, 3.8) is 0 Å². The number of benzene rings is 1. The molecular formula is C14H22N4O. The van der Waals surface area contributed by atoms with Crippen LogP contribution in [-0.4, -0.2) is 44.5 Å². The first-order chi connectivity index (χ1) is 8.99. The molecule has 1 aliphatic heterocycles. The fourth-order valence-electron chi connectivity index (χ4n) is 2.84. The van der Waals surface area contributed by atoms with E-state index in [1.54, 1.807) is 18.2 Å². The molecule has 0 aliphatic carbocycles. The van der Waals surface area contributed by atoms with Crippen molar-refractivity contribution in [1.82, 2.24) is 4.90 Å². The summed E-state index contributed by atoms with van der Waals surface area (Å²) in [6, 6.07) is 5.29. The van der Waals surface area contributed by atoms with Gasteiger partial charge in [-0.2, -0.15) is 0 Å². The number of hydrogen-bond donors (Lipinski definition) is 2. The molecule has 5 heteroatoms. The van der Waals surface area contributed by atoms with Gasteiger partial charge in [0.2, 0.25) is 0 Å². The van der Waals surface area contributed by atoms with E-state index in [4.69, 9.17) is 11.5 Å². The summed E-state index contributed by atoms with van der Waals surface area (Å²) in [4.78, 5) is 15.9. The molecule has 0 aromatic heterocycles.